The van der Waals surface area contributed by atoms with Crippen molar-refractivity contribution in [3.05, 3.63) is 58.7 Å². The highest BCUT2D eigenvalue weighted by molar-refractivity contribution is 6.28. The number of ether oxygens (including phenoxy) is 3. The Morgan fingerprint density at radius 3 is 1.67 bits per heavy atom. The first-order chi connectivity index (χ1) is 20.7. The van der Waals surface area contributed by atoms with Crippen molar-refractivity contribution in [3.63, 3.8) is 0 Å². The van der Waals surface area contributed by atoms with Crippen molar-refractivity contribution < 1.29 is 43.6 Å². The highest BCUT2D eigenvalue weighted by atomic mass is 16.6. The summed E-state index contributed by atoms with van der Waals surface area (Å²) in [7, 11) is 1.00. The first-order valence-corrected chi connectivity index (χ1v) is 15.1. The predicted octanol–water partition coefficient (Wildman–Crippen LogP) is 6.12. The zero-order valence-corrected chi connectivity index (χ0v) is 26.8. The van der Waals surface area contributed by atoms with Crippen LogP contribution in [0.25, 0.3) is 0 Å². The average molecular weight is 603 g/mol. The highest BCUT2D eigenvalue weighted by Crippen LogP contribution is 2.32. The van der Waals surface area contributed by atoms with Gasteiger partial charge in [-0.25, -0.2) is 4.79 Å². The molecular formula is C34H50O9. The number of aliphatic hydroxyl groups excluding tert-OH is 2. The predicted molar refractivity (Wildman–Crippen MR) is 167 cm³/mol. The Morgan fingerprint density at radius 1 is 0.767 bits per heavy atom. The van der Waals surface area contributed by atoms with Gasteiger partial charge in [0.2, 0.25) is 0 Å². The van der Waals surface area contributed by atoms with Crippen molar-refractivity contribution in [2.75, 3.05) is 20.3 Å². The monoisotopic (exact) mass is 602 g/mol. The molecule has 2 unspecified atom stereocenters. The number of carbonyl (C=O) groups excluding carboxylic acids is 4. The molecule has 3 rings (SSSR count). The van der Waals surface area contributed by atoms with E-state index in [4.69, 9.17) is 24.4 Å². The van der Waals surface area contributed by atoms with Crippen LogP contribution in [0.4, 0.5) is 0 Å². The van der Waals surface area contributed by atoms with Crippen LogP contribution in [0.15, 0.2) is 36.4 Å². The molecule has 0 heterocycles. The topological polar surface area (TPSA) is 136 Å². The van der Waals surface area contributed by atoms with Crippen LogP contribution in [0.5, 0.6) is 11.5 Å². The second kappa shape index (κ2) is 23.0. The van der Waals surface area contributed by atoms with Crippen LogP contribution in [-0.2, 0) is 14.3 Å². The number of aliphatic hydroxyl groups is 2. The van der Waals surface area contributed by atoms with Gasteiger partial charge in [-0.1, -0.05) is 53.4 Å². The molecule has 1 aliphatic rings. The van der Waals surface area contributed by atoms with Crippen LogP contribution in [-0.4, -0.2) is 66.6 Å². The van der Waals surface area contributed by atoms with Crippen molar-refractivity contribution in [2.24, 2.45) is 0 Å². The van der Waals surface area contributed by atoms with Crippen LogP contribution in [0.3, 0.4) is 0 Å². The molecule has 0 aromatic heterocycles. The average Bonchev–Trinajstić information content (AvgIpc) is 3.02. The quantitative estimate of drug-likeness (QED) is 0.135. The third kappa shape index (κ3) is 13.5. The lowest BCUT2D eigenvalue weighted by molar-refractivity contribution is -0.151. The number of hydrogen-bond acceptors (Lipinski definition) is 9. The van der Waals surface area contributed by atoms with Gasteiger partial charge in [-0.05, 0) is 69.5 Å². The summed E-state index contributed by atoms with van der Waals surface area (Å²) in [6, 6.07) is 8.98. The van der Waals surface area contributed by atoms with E-state index in [0.717, 1.165) is 26.4 Å². The van der Waals surface area contributed by atoms with Gasteiger partial charge in [-0.2, -0.15) is 0 Å². The second-order valence-corrected chi connectivity index (χ2v) is 9.80. The summed E-state index contributed by atoms with van der Waals surface area (Å²) in [6.45, 7) is 12.2. The third-order valence-electron chi connectivity index (χ3n) is 5.92. The van der Waals surface area contributed by atoms with Crippen molar-refractivity contribution in [1.82, 2.24) is 0 Å². The molecule has 0 radical (unpaired) electrons. The summed E-state index contributed by atoms with van der Waals surface area (Å²) in [4.78, 5) is 49.1. The number of hydrogen-bond donors (Lipinski definition) is 2. The van der Waals surface area contributed by atoms with Gasteiger partial charge >= 0.3 is 5.97 Å². The lowest BCUT2D eigenvalue weighted by atomic mass is 9.84. The molecule has 0 saturated heterocycles. The van der Waals surface area contributed by atoms with Crippen molar-refractivity contribution in [1.29, 1.82) is 0 Å². The molecule has 0 aliphatic heterocycles. The van der Waals surface area contributed by atoms with Gasteiger partial charge in [0.15, 0.2) is 30.1 Å². The smallest absolute Gasteiger partial charge is 0.347 e. The van der Waals surface area contributed by atoms with Crippen molar-refractivity contribution >= 4 is 23.8 Å². The number of benzene rings is 2. The summed E-state index contributed by atoms with van der Waals surface area (Å²) >= 11 is 0. The molecule has 0 spiro atoms. The summed E-state index contributed by atoms with van der Waals surface area (Å²) in [5.74, 6) is -0.610. The molecule has 1 aliphatic carbocycles. The number of unbranched alkanes of at least 4 members (excludes halogenated alkanes) is 4. The Kier molecular flexibility index (Phi) is 21.1. The highest BCUT2D eigenvalue weighted by Gasteiger charge is 2.31. The van der Waals surface area contributed by atoms with E-state index in [1.807, 2.05) is 0 Å². The summed E-state index contributed by atoms with van der Waals surface area (Å²) in [5, 5.41) is 15.8. The number of ketones is 2. The van der Waals surface area contributed by atoms with E-state index in [1.54, 1.807) is 13.8 Å². The summed E-state index contributed by atoms with van der Waals surface area (Å²) in [6.07, 6.45) is 6.11. The Hall–Kier alpha value is -3.56. The molecule has 2 atom stereocenters. The SMILES string of the molecule is CC(C=O)Oc1ccc2c(c1)C(=O)c1ccc(OC(C)C(=O)OCCCCCCO)cc1C2=O.CCC.CCCC.CO. The van der Waals surface area contributed by atoms with Crippen molar-refractivity contribution in [3.8, 4) is 11.5 Å². The molecule has 2 N–H and O–H groups in total. The fourth-order valence-corrected chi connectivity index (χ4v) is 3.61. The first kappa shape index (κ1) is 39.4. The fraction of sp³-hybridized carbons (Fsp3) is 0.529. The molecule has 2 aromatic rings. The summed E-state index contributed by atoms with van der Waals surface area (Å²) in [5.41, 5.74) is 0.852. The Bertz CT molecular complexity index is 1120. The zero-order chi connectivity index (χ0) is 32.8. The van der Waals surface area contributed by atoms with E-state index >= 15 is 0 Å². The van der Waals surface area contributed by atoms with Crippen LogP contribution < -0.4 is 9.47 Å². The van der Waals surface area contributed by atoms with Crippen LogP contribution in [0.1, 0.15) is 118 Å². The number of aldehydes is 1. The van der Waals surface area contributed by atoms with Gasteiger partial charge in [0.25, 0.3) is 0 Å². The van der Waals surface area contributed by atoms with Crippen LogP contribution in [0.2, 0.25) is 0 Å². The first-order valence-electron chi connectivity index (χ1n) is 15.1. The standard InChI is InChI=1S/C26H28O8.C4H10.C3H8.CH4O/c1-16(15-28)33-18-7-9-20-22(13-18)24(29)21-10-8-19(14-23(21)25(20)30)34-17(2)26(31)32-12-6-4-3-5-11-27;1-3-4-2;1-3-2;1-2/h7-10,13-17,27H,3-6,11-12H2,1-2H3;3-4H2,1-2H3;3H2,1-2H3;2H,1H3. The number of fused-ring (bicyclic) bond motifs is 2. The van der Waals surface area contributed by atoms with Gasteiger partial charge in [0.1, 0.15) is 11.5 Å². The normalized spacial score (nSPS) is 12.3. The minimum atomic E-state index is -0.892. The number of esters is 1. The molecule has 0 saturated carbocycles. The van der Waals surface area contributed by atoms with E-state index in [9.17, 15) is 19.2 Å². The molecule has 2 aromatic carbocycles. The van der Waals surface area contributed by atoms with Gasteiger partial charge in [-0.3, -0.25) is 14.4 Å². The zero-order valence-electron chi connectivity index (χ0n) is 26.8. The third-order valence-corrected chi connectivity index (χ3v) is 5.92. The Morgan fingerprint density at radius 2 is 1.23 bits per heavy atom. The molecular weight excluding hydrogens is 552 g/mol. The Balaban J connectivity index is 0.00000174. The molecule has 9 nitrogen and oxygen atoms in total. The Labute approximate surface area is 256 Å². The fourth-order valence-electron chi connectivity index (χ4n) is 3.61. The van der Waals surface area contributed by atoms with E-state index < -0.39 is 18.2 Å². The lowest BCUT2D eigenvalue weighted by Crippen LogP contribution is -2.27. The molecule has 43 heavy (non-hydrogen) atoms. The van der Waals surface area contributed by atoms with E-state index in [-0.39, 0.29) is 52.8 Å². The molecule has 0 amide bonds. The molecule has 0 bridgehead atoms. The van der Waals surface area contributed by atoms with Gasteiger partial charge in [0, 0.05) is 36.0 Å². The largest absolute Gasteiger partial charge is 0.483 e. The minimum Gasteiger partial charge on any atom is -0.483 e. The van der Waals surface area contributed by atoms with E-state index in [1.165, 1.54) is 55.7 Å². The van der Waals surface area contributed by atoms with Crippen LogP contribution >= 0.6 is 0 Å². The van der Waals surface area contributed by atoms with E-state index in [0.29, 0.717) is 18.5 Å². The maximum Gasteiger partial charge on any atom is 0.347 e. The maximum atomic E-state index is 13.1. The van der Waals surface area contributed by atoms with Crippen molar-refractivity contribution in [2.45, 2.75) is 98.7 Å². The van der Waals surface area contributed by atoms with Gasteiger partial charge in [0.05, 0.1) is 6.61 Å². The van der Waals surface area contributed by atoms with Crippen LogP contribution in [0, 0.1) is 0 Å². The maximum absolute atomic E-state index is 13.1. The van der Waals surface area contributed by atoms with Gasteiger partial charge in [-0.15, -0.1) is 0 Å². The van der Waals surface area contributed by atoms with E-state index in [2.05, 4.69) is 27.7 Å². The molecule has 9 heteroatoms. The summed E-state index contributed by atoms with van der Waals surface area (Å²) < 4.78 is 16.3. The minimum absolute atomic E-state index is 0.154. The number of rotatable bonds is 13. The number of carbonyl (C=O) groups is 4. The molecule has 240 valence electrons. The second-order valence-electron chi connectivity index (χ2n) is 9.80. The van der Waals surface area contributed by atoms with Gasteiger partial charge < -0.3 is 24.4 Å². The molecule has 0 fully saturated rings. The lowest BCUT2D eigenvalue weighted by Gasteiger charge is -2.20.